The van der Waals surface area contributed by atoms with Crippen molar-refractivity contribution in [2.75, 3.05) is 27.3 Å². The number of rotatable bonds is 7. The van der Waals surface area contributed by atoms with Crippen molar-refractivity contribution in [3.05, 3.63) is 23.8 Å². The summed E-state index contributed by atoms with van der Waals surface area (Å²) >= 11 is 0. The molecule has 0 aromatic heterocycles. The Labute approximate surface area is 105 Å². The van der Waals surface area contributed by atoms with Gasteiger partial charge in [-0.1, -0.05) is 0 Å². The zero-order valence-corrected chi connectivity index (χ0v) is 10.3. The van der Waals surface area contributed by atoms with Crippen molar-refractivity contribution in [2.24, 2.45) is 0 Å². The average molecular weight is 261 g/mol. The van der Waals surface area contributed by atoms with Gasteiger partial charge in [0.1, 0.15) is 11.5 Å². The molecule has 0 aliphatic rings. The Morgan fingerprint density at radius 3 is 2.50 bits per heavy atom. The molecule has 0 amide bonds. The Morgan fingerprint density at radius 2 is 1.94 bits per heavy atom. The van der Waals surface area contributed by atoms with Crippen LogP contribution in [-0.2, 0) is 0 Å². The van der Waals surface area contributed by atoms with Crippen molar-refractivity contribution < 1.29 is 23.4 Å². The number of halogens is 2. The Hall–Kier alpha value is -1.40. The average Bonchev–Trinajstić information content (AvgIpc) is 2.37. The van der Waals surface area contributed by atoms with Crippen LogP contribution in [0.5, 0.6) is 11.5 Å². The van der Waals surface area contributed by atoms with E-state index in [0.717, 1.165) is 0 Å². The molecule has 0 fully saturated rings. The van der Waals surface area contributed by atoms with Crippen LogP contribution in [0.15, 0.2) is 18.2 Å². The minimum atomic E-state index is -2.44. The first kappa shape index (κ1) is 14.7. The monoisotopic (exact) mass is 261 g/mol. The van der Waals surface area contributed by atoms with Gasteiger partial charge in [-0.25, -0.2) is 8.78 Å². The maximum atomic E-state index is 12.0. The van der Waals surface area contributed by atoms with Crippen LogP contribution < -0.4 is 14.8 Å². The zero-order valence-electron chi connectivity index (χ0n) is 10.3. The molecule has 1 aromatic rings. The van der Waals surface area contributed by atoms with E-state index in [4.69, 9.17) is 9.47 Å². The van der Waals surface area contributed by atoms with Gasteiger partial charge in [0.15, 0.2) is 0 Å². The van der Waals surface area contributed by atoms with Crippen LogP contribution in [0.2, 0.25) is 0 Å². The number of aliphatic hydroxyl groups is 1. The predicted octanol–water partition coefficient (Wildman–Crippen LogP) is 1.59. The van der Waals surface area contributed by atoms with Gasteiger partial charge in [0, 0.05) is 12.1 Å². The molecule has 0 aliphatic heterocycles. The summed E-state index contributed by atoms with van der Waals surface area (Å²) in [6.45, 7) is -0.433. The second-order valence-electron chi connectivity index (χ2n) is 3.67. The summed E-state index contributed by atoms with van der Waals surface area (Å²) in [4.78, 5) is 0. The fourth-order valence-electron chi connectivity index (χ4n) is 1.54. The Balaban J connectivity index is 2.72. The molecule has 0 saturated carbocycles. The summed E-state index contributed by atoms with van der Waals surface area (Å²) < 4.78 is 34.1. The van der Waals surface area contributed by atoms with E-state index < -0.39 is 19.1 Å². The molecule has 1 atom stereocenters. The van der Waals surface area contributed by atoms with Gasteiger partial charge in [0.05, 0.1) is 26.9 Å². The van der Waals surface area contributed by atoms with Gasteiger partial charge in [-0.05, 0) is 18.2 Å². The summed E-state index contributed by atoms with van der Waals surface area (Å²) in [6.07, 6.45) is -3.38. The molecule has 4 nitrogen and oxygen atoms in total. The van der Waals surface area contributed by atoms with Crippen LogP contribution in [0.1, 0.15) is 11.7 Å². The molecule has 0 spiro atoms. The summed E-state index contributed by atoms with van der Waals surface area (Å²) in [5.74, 6) is 1.06. The first-order valence-electron chi connectivity index (χ1n) is 5.47. The third-order valence-corrected chi connectivity index (χ3v) is 2.43. The number of alkyl halides is 2. The lowest BCUT2D eigenvalue weighted by Gasteiger charge is -2.16. The van der Waals surface area contributed by atoms with Crippen LogP contribution in [0.4, 0.5) is 8.78 Å². The Morgan fingerprint density at radius 1 is 1.22 bits per heavy atom. The number of benzene rings is 1. The third kappa shape index (κ3) is 4.12. The van der Waals surface area contributed by atoms with Crippen LogP contribution in [0, 0.1) is 0 Å². The minimum absolute atomic E-state index is 0.0217. The van der Waals surface area contributed by atoms with Gasteiger partial charge in [0.2, 0.25) is 0 Å². The fourth-order valence-corrected chi connectivity index (χ4v) is 1.54. The second-order valence-corrected chi connectivity index (χ2v) is 3.67. The van der Waals surface area contributed by atoms with E-state index in [1.165, 1.54) is 14.2 Å². The minimum Gasteiger partial charge on any atom is -0.497 e. The SMILES string of the molecule is COc1ccc(OC)c(C(O)CNCC(F)F)c1. The fraction of sp³-hybridized carbons (Fsp3) is 0.500. The van der Waals surface area contributed by atoms with Gasteiger partial charge >= 0.3 is 0 Å². The number of hydrogen-bond donors (Lipinski definition) is 2. The van der Waals surface area contributed by atoms with Gasteiger partial charge in [-0.2, -0.15) is 0 Å². The second kappa shape index (κ2) is 7.13. The molecule has 6 heteroatoms. The summed E-state index contributed by atoms with van der Waals surface area (Å²) in [5, 5.41) is 12.4. The molecule has 1 unspecified atom stereocenters. The highest BCUT2D eigenvalue weighted by atomic mass is 19.3. The Kier molecular flexibility index (Phi) is 5.80. The maximum Gasteiger partial charge on any atom is 0.250 e. The topological polar surface area (TPSA) is 50.7 Å². The van der Waals surface area contributed by atoms with E-state index in [-0.39, 0.29) is 6.54 Å². The van der Waals surface area contributed by atoms with Gasteiger partial charge in [0.25, 0.3) is 6.43 Å². The normalized spacial score (nSPS) is 12.6. The molecular weight excluding hydrogens is 244 g/mol. The molecule has 18 heavy (non-hydrogen) atoms. The Bertz CT molecular complexity index is 374. The summed E-state index contributed by atoms with van der Waals surface area (Å²) in [5.41, 5.74) is 0.499. The van der Waals surface area contributed by atoms with Gasteiger partial charge in [-0.15, -0.1) is 0 Å². The summed E-state index contributed by atoms with van der Waals surface area (Å²) in [7, 11) is 2.98. The standard InChI is InChI=1S/C12H17F2NO3/c1-17-8-3-4-11(18-2)9(5-8)10(16)6-15-7-12(13)14/h3-5,10,12,15-16H,6-7H2,1-2H3. The van der Waals surface area contributed by atoms with Crippen LogP contribution in [0.3, 0.4) is 0 Å². The van der Waals surface area contributed by atoms with Crippen molar-refractivity contribution in [1.82, 2.24) is 5.32 Å². The third-order valence-electron chi connectivity index (χ3n) is 2.43. The molecule has 0 bridgehead atoms. The van der Waals surface area contributed by atoms with Gasteiger partial charge < -0.3 is 19.9 Å². The predicted molar refractivity (Wildman–Crippen MR) is 63.4 cm³/mol. The van der Waals surface area contributed by atoms with Crippen LogP contribution in [0.25, 0.3) is 0 Å². The molecule has 2 N–H and O–H groups in total. The van der Waals surface area contributed by atoms with E-state index >= 15 is 0 Å². The molecule has 102 valence electrons. The molecule has 0 aliphatic carbocycles. The number of ether oxygens (including phenoxy) is 2. The van der Waals surface area contributed by atoms with Crippen molar-refractivity contribution in [1.29, 1.82) is 0 Å². The summed E-state index contributed by atoms with van der Waals surface area (Å²) in [6, 6.07) is 4.97. The first-order valence-corrected chi connectivity index (χ1v) is 5.47. The van der Waals surface area contributed by atoms with Crippen molar-refractivity contribution in [3.8, 4) is 11.5 Å². The molecule has 1 aromatic carbocycles. The number of hydrogen-bond acceptors (Lipinski definition) is 4. The molecule has 0 heterocycles. The van der Waals surface area contributed by atoms with E-state index in [2.05, 4.69) is 5.32 Å². The van der Waals surface area contributed by atoms with E-state index in [0.29, 0.717) is 17.1 Å². The van der Waals surface area contributed by atoms with E-state index in [1.807, 2.05) is 0 Å². The molecule has 0 radical (unpaired) electrons. The van der Waals surface area contributed by atoms with Crippen molar-refractivity contribution >= 4 is 0 Å². The van der Waals surface area contributed by atoms with Crippen molar-refractivity contribution in [3.63, 3.8) is 0 Å². The largest absolute Gasteiger partial charge is 0.497 e. The maximum absolute atomic E-state index is 12.0. The molecule has 1 rings (SSSR count). The van der Waals surface area contributed by atoms with E-state index in [9.17, 15) is 13.9 Å². The van der Waals surface area contributed by atoms with Crippen molar-refractivity contribution in [2.45, 2.75) is 12.5 Å². The zero-order chi connectivity index (χ0) is 13.5. The molecular formula is C12H17F2NO3. The number of methoxy groups -OCH3 is 2. The smallest absolute Gasteiger partial charge is 0.250 e. The molecule has 0 saturated heterocycles. The first-order chi connectivity index (χ1) is 8.58. The lowest BCUT2D eigenvalue weighted by atomic mass is 10.1. The highest BCUT2D eigenvalue weighted by Gasteiger charge is 2.15. The van der Waals surface area contributed by atoms with E-state index in [1.54, 1.807) is 18.2 Å². The lowest BCUT2D eigenvalue weighted by Crippen LogP contribution is -2.26. The highest BCUT2D eigenvalue weighted by Crippen LogP contribution is 2.28. The quantitative estimate of drug-likeness (QED) is 0.782. The number of aliphatic hydroxyl groups excluding tert-OH is 1. The van der Waals surface area contributed by atoms with Crippen LogP contribution >= 0.6 is 0 Å². The van der Waals surface area contributed by atoms with Crippen LogP contribution in [-0.4, -0.2) is 38.8 Å². The van der Waals surface area contributed by atoms with Gasteiger partial charge in [-0.3, -0.25) is 0 Å². The lowest BCUT2D eigenvalue weighted by molar-refractivity contribution is 0.128. The number of nitrogens with one attached hydrogen (secondary N) is 1. The highest BCUT2D eigenvalue weighted by molar-refractivity contribution is 5.41.